The van der Waals surface area contributed by atoms with Crippen LogP contribution in [-0.4, -0.2) is 25.0 Å². The summed E-state index contributed by atoms with van der Waals surface area (Å²) in [5.41, 5.74) is 0. The predicted molar refractivity (Wildman–Crippen MR) is 46.7 cm³/mol. The van der Waals surface area contributed by atoms with Crippen LogP contribution in [0.1, 0.15) is 20.8 Å². The van der Waals surface area contributed by atoms with E-state index in [-0.39, 0.29) is 12.6 Å². The zero-order valence-corrected chi connectivity index (χ0v) is 8.28. The molecule has 1 aliphatic rings. The smallest absolute Gasteiger partial charge is 0.223 e. The van der Waals surface area contributed by atoms with Gasteiger partial charge in [-0.2, -0.15) is 0 Å². The molecule has 1 rings (SSSR count). The summed E-state index contributed by atoms with van der Waals surface area (Å²) in [5.74, 6) is -0.654. The Balaban J connectivity index is 2.25. The van der Waals surface area contributed by atoms with Crippen LogP contribution in [0.25, 0.3) is 0 Å². The summed E-state index contributed by atoms with van der Waals surface area (Å²) >= 11 is 0. The van der Waals surface area contributed by atoms with Crippen molar-refractivity contribution < 1.29 is 18.9 Å². The van der Waals surface area contributed by atoms with Crippen molar-refractivity contribution in [3.8, 4) is 0 Å². The molecule has 0 N–H and O–H groups in total. The Labute approximate surface area is 78.4 Å². The first-order valence-corrected chi connectivity index (χ1v) is 4.36. The van der Waals surface area contributed by atoms with Crippen LogP contribution in [0.4, 0.5) is 0 Å². The largest absolute Gasteiger partial charge is 0.473 e. The van der Waals surface area contributed by atoms with Crippen molar-refractivity contribution >= 4 is 0 Å². The second-order valence-electron chi connectivity index (χ2n) is 2.91. The molecule has 0 spiro atoms. The Morgan fingerprint density at radius 1 is 1.69 bits per heavy atom. The van der Waals surface area contributed by atoms with Gasteiger partial charge in [0.25, 0.3) is 0 Å². The first-order valence-electron chi connectivity index (χ1n) is 4.36. The SMILES string of the molecule is C=COC(C)OC1(C)OC1OCC. The number of rotatable bonds is 6. The first kappa shape index (κ1) is 10.5. The van der Waals surface area contributed by atoms with E-state index in [1.165, 1.54) is 6.26 Å². The highest BCUT2D eigenvalue weighted by Crippen LogP contribution is 2.39. The third-order valence-electron chi connectivity index (χ3n) is 1.72. The Bertz CT molecular complexity index is 182. The fourth-order valence-corrected chi connectivity index (χ4v) is 1.09. The maximum Gasteiger partial charge on any atom is 0.223 e. The van der Waals surface area contributed by atoms with Gasteiger partial charge in [0.15, 0.2) is 6.29 Å². The first-order chi connectivity index (χ1) is 6.12. The molecule has 3 atom stereocenters. The Hall–Kier alpha value is -0.580. The van der Waals surface area contributed by atoms with E-state index in [1.54, 1.807) is 6.92 Å². The molecule has 0 saturated carbocycles. The summed E-state index contributed by atoms with van der Waals surface area (Å²) in [5, 5.41) is 0. The van der Waals surface area contributed by atoms with Crippen molar-refractivity contribution in [2.24, 2.45) is 0 Å². The fraction of sp³-hybridized carbons (Fsp3) is 0.778. The van der Waals surface area contributed by atoms with Gasteiger partial charge < -0.3 is 18.9 Å². The van der Waals surface area contributed by atoms with Gasteiger partial charge in [-0.3, -0.25) is 0 Å². The van der Waals surface area contributed by atoms with Gasteiger partial charge in [-0.1, -0.05) is 6.58 Å². The van der Waals surface area contributed by atoms with Crippen molar-refractivity contribution in [3.63, 3.8) is 0 Å². The highest BCUT2D eigenvalue weighted by Gasteiger charge is 2.56. The summed E-state index contributed by atoms with van der Waals surface area (Å²) < 4.78 is 20.8. The Morgan fingerprint density at radius 3 is 2.92 bits per heavy atom. The minimum atomic E-state index is -0.654. The summed E-state index contributed by atoms with van der Waals surface area (Å²) in [6.07, 6.45) is 0.702. The van der Waals surface area contributed by atoms with Crippen molar-refractivity contribution in [2.45, 2.75) is 39.1 Å². The van der Waals surface area contributed by atoms with Gasteiger partial charge in [0.1, 0.15) is 0 Å². The molecule has 0 radical (unpaired) electrons. The number of hydrogen-bond donors (Lipinski definition) is 0. The molecule has 0 aliphatic carbocycles. The van der Waals surface area contributed by atoms with Crippen LogP contribution in [0.15, 0.2) is 12.8 Å². The van der Waals surface area contributed by atoms with E-state index in [0.717, 1.165) is 0 Å². The van der Waals surface area contributed by atoms with Gasteiger partial charge in [0.05, 0.1) is 6.26 Å². The highest BCUT2D eigenvalue weighted by atomic mass is 16.9. The zero-order valence-electron chi connectivity index (χ0n) is 8.28. The average molecular weight is 188 g/mol. The van der Waals surface area contributed by atoms with E-state index >= 15 is 0 Å². The van der Waals surface area contributed by atoms with E-state index < -0.39 is 5.79 Å². The average Bonchev–Trinajstić information content (AvgIpc) is 2.62. The predicted octanol–water partition coefficient (Wildman–Crippen LogP) is 1.62. The maximum atomic E-state index is 5.41. The lowest BCUT2D eigenvalue weighted by molar-refractivity contribution is -0.171. The molecule has 1 aliphatic heterocycles. The van der Waals surface area contributed by atoms with Gasteiger partial charge >= 0.3 is 0 Å². The summed E-state index contributed by atoms with van der Waals surface area (Å²) in [6.45, 7) is 9.54. The summed E-state index contributed by atoms with van der Waals surface area (Å²) in [7, 11) is 0. The van der Waals surface area contributed by atoms with Crippen LogP contribution < -0.4 is 0 Å². The van der Waals surface area contributed by atoms with Crippen molar-refractivity contribution in [2.75, 3.05) is 6.61 Å². The van der Waals surface area contributed by atoms with E-state index in [2.05, 4.69) is 6.58 Å². The quantitative estimate of drug-likeness (QED) is 0.361. The molecule has 0 aromatic heterocycles. The molecule has 0 bridgehead atoms. The minimum absolute atomic E-state index is 0.270. The molecule has 0 amide bonds. The Morgan fingerprint density at radius 2 is 2.38 bits per heavy atom. The summed E-state index contributed by atoms with van der Waals surface area (Å²) in [6, 6.07) is 0. The lowest BCUT2D eigenvalue weighted by Gasteiger charge is -2.15. The van der Waals surface area contributed by atoms with Gasteiger partial charge in [0.2, 0.25) is 12.1 Å². The minimum Gasteiger partial charge on any atom is -0.473 e. The van der Waals surface area contributed by atoms with Gasteiger partial charge in [-0.25, -0.2) is 0 Å². The molecular weight excluding hydrogens is 172 g/mol. The van der Waals surface area contributed by atoms with Gasteiger partial charge in [-0.05, 0) is 20.8 Å². The Kier molecular flexibility index (Phi) is 3.30. The monoisotopic (exact) mass is 188 g/mol. The fourth-order valence-electron chi connectivity index (χ4n) is 1.09. The van der Waals surface area contributed by atoms with Crippen molar-refractivity contribution in [1.82, 2.24) is 0 Å². The maximum absolute atomic E-state index is 5.41. The topological polar surface area (TPSA) is 40.2 Å². The number of epoxide rings is 1. The molecule has 1 heterocycles. The molecule has 76 valence electrons. The molecule has 0 aromatic rings. The van der Waals surface area contributed by atoms with E-state index in [4.69, 9.17) is 18.9 Å². The van der Waals surface area contributed by atoms with E-state index in [9.17, 15) is 0 Å². The third kappa shape index (κ3) is 2.69. The second-order valence-corrected chi connectivity index (χ2v) is 2.91. The molecule has 13 heavy (non-hydrogen) atoms. The second kappa shape index (κ2) is 4.09. The van der Waals surface area contributed by atoms with Crippen molar-refractivity contribution in [1.29, 1.82) is 0 Å². The third-order valence-corrected chi connectivity index (χ3v) is 1.72. The molecule has 3 unspecified atom stereocenters. The molecule has 1 saturated heterocycles. The lowest BCUT2D eigenvalue weighted by Crippen LogP contribution is -2.24. The molecule has 1 fully saturated rings. The van der Waals surface area contributed by atoms with Crippen LogP contribution in [-0.2, 0) is 18.9 Å². The normalized spacial score (nSPS) is 33.9. The van der Waals surface area contributed by atoms with E-state index in [1.807, 2.05) is 13.8 Å². The lowest BCUT2D eigenvalue weighted by atomic mass is 10.4. The summed E-state index contributed by atoms with van der Waals surface area (Å²) in [4.78, 5) is 0. The molecule has 4 nitrogen and oxygen atoms in total. The molecule has 0 aromatic carbocycles. The number of hydrogen-bond acceptors (Lipinski definition) is 4. The van der Waals surface area contributed by atoms with E-state index in [0.29, 0.717) is 6.61 Å². The van der Waals surface area contributed by atoms with Crippen LogP contribution in [0.5, 0.6) is 0 Å². The van der Waals surface area contributed by atoms with Gasteiger partial charge in [0, 0.05) is 6.61 Å². The van der Waals surface area contributed by atoms with Crippen LogP contribution in [0.2, 0.25) is 0 Å². The standard InChI is InChI=1S/C9H16O4/c1-5-10-7(3)12-9(4)8(13-9)11-6-2/h5,7-8H,1,6H2,2-4H3. The van der Waals surface area contributed by atoms with Crippen LogP contribution >= 0.6 is 0 Å². The zero-order chi connectivity index (χ0) is 9.90. The van der Waals surface area contributed by atoms with Crippen LogP contribution in [0.3, 0.4) is 0 Å². The number of ether oxygens (including phenoxy) is 4. The highest BCUT2D eigenvalue weighted by molar-refractivity contribution is 4.83. The van der Waals surface area contributed by atoms with Crippen molar-refractivity contribution in [3.05, 3.63) is 12.8 Å². The molecular formula is C9H16O4. The van der Waals surface area contributed by atoms with Gasteiger partial charge in [-0.15, -0.1) is 0 Å². The molecule has 4 heteroatoms. The van der Waals surface area contributed by atoms with Crippen LogP contribution in [0, 0.1) is 0 Å².